The molecule has 0 spiro atoms. The average molecular weight is 270 g/mol. The predicted molar refractivity (Wildman–Crippen MR) is 58.1 cm³/mol. The van der Waals surface area contributed by atoms with Crippen molar-refractivity contribution in [2.45, 2.75) is 19.3 Å². The lowest BCUT2D eigenvalue weighted by Crippen LogP contribution is -2.12. The zero-order valence-electron chi connectivity index (χ0n) is 7.83. The number of nitro benzene ring substituents is 1. The smallest absolute Gasteiger partial charge is 0.284 e. The van der Waals surface area contributed by atoms with Gasteiger partial charge < -0.3 is 0 Å². The van der Waals surface area contributed by atoms with Gasteiger partial charge in [-0.05, 0) is 34.3 Å². The molecule has 0 saturated carbocycles. The Bertz CT molecular complexity index is 456. The van der Waals surface area contributed by atoms with Crippen LogP contribution in [0.25, 0.3) is 0 Å². The number of hydrogen-bond donors (Lipinski definition) is 0. The summed E-state index contributed by atoms with van der Waals surface area (Å²) in [4.78, 5) is 21.8. The Morgan fingerprint density at radius 2 is 2.07 bits per heavy atom. The van der Waals surface area contributed by atoms with Gasteiger partial charge in [-0.2, -0.15) is 0 Å². The number of benzene rings is 1. The number of nitrogens with zero attached hydrogens (tertiary/aromatic N) is 1. The number of halogens is 1. The zero-order chi connectivity index (χ0) is 11.0. The fourth-order valence-corrected chi connectivity index (χ4v) is 2.57. The second-order valence-electron chi connectivity index (χ2n) is 3.47. The summed E-state index contributed by atoms with van der Waals surface area (Å²) >= 11 is 3.15. The van der Waals surface area contributed by atoms with Gasteiger partial charge in [-0.15, -0.1) is 0 Å². The molecule has 2 rings (SSSR count). The third-order valence-electron chi connectivity index (χ3n) is 2.53. The van der Waals surface area contributed by atoms with Crippen molar-refractivity contribution in [2.75, 3.05) is 0 Å². The molecule has 78 valence electrons. The van der Waals surface area contributed by atoms with E-state index in [4.69, 9.17) is 0 Å². The van der Waals surface area contributed by atoms with Gasteiger partial charge in [-0.1, -0.05) is 6.07 Å². The summed E-state index contributed by atoms with van der Waals surface area (Å²) in [6.45, 7) is 0. The number of Topliss-reactive ketones (excluding diaryl/α,β-unsaturated/α-hetero) is 1. The first-order chi connectivity index (χ1) is 7.11. The predicted octanol–water partition coefficient (Wildman–Crippen LogP) is 2.88. The van der Waals surface area contributed by atoms with E-state index in [1.807, 2.05) is 0 Å². The molecule has 0 fully saturated rings. The van der Waals surface area contributed by atoms with Gasteiger partial charge in [0.1, 0.15) is 4.47 Å². The fraction of sp³-hybridized carbons (Fsp3) is 0.300. The topological polar surface area (TPSA) is 60.2 Å². The molecule has 0 heterocycles. The summed E-state index contributed by atoms with van der Waals surface area (Å²) in [6.07, 6.45) is 2.13. The number of carbonyl (C=O) groups excluding carboxylic acids is 1. The second kappa shape index (κ2) is 3.73. The van der Waals surface area contributed by atoms with E-state index in [0.717, 1.165) is 18.4 Å². The van der Waals surface area contributed by atoms with Gasteiger partial charge in [0.2, 0.25) is 0 Å². The van der Waals surface area contributed by atoms with Crippen LogP contribution in [-0.4, -0.2) is 10.7 Å². The molecule has 0 bridgehead atoms. The highest BCUT2D eigenvalue weighted by atomic mass is 79.9. The minimum absolute atomic E-state index is 0.00757. The van der Waals surface area contributed by atoms with E-state index < -0.39 is 4.92 Å². The molecule has 0 amide bonds. The quantitative estimate of drug-likeness (QED) is 0.582. The maximum atomic E-state index is 11.6. The van der Waals surface area contributed by atoms with E-state index in [2.05, 4.69) is 15.9 Å². The molecule has 1 aromatic carbocycles. The van der Waals surface area contributed by atoms with E-state index in [1.54, 1.807) is 6.07 Å². The van der Waals surface area contributed by atoms with Crippen molar-refractivity contribution in [1.29, 1.82) is 0 Å². The lowest BCUT2D eigenvalue weighted by atomic mass is 9.90. The first-order valence-electron chi connectivity index (χ1n) is 4.60. The molecule has 4 nitrogen and oxygen atoms in total. The van der Waals surface area contributed by atoms with Crippen LogP contribution in [0.15, 0.2) is 16.6 Å². The molecular weight excluding hydrogens is 262 g/mol. The van der Waals surface area contributed by atoms with Crippen LogP contribution in [0.5, 0.6) is 0 Å². The summed E-state index contributed by atoms with van der Waals surface area (Å²) in [5, 5.41) is 10.7. The van der Waals surface area contributed by atoms with Crippen molar-refractivity contribution in [1.82, 2.24) is 0 Å². The third-order valence-corrected chi connectivity index (χ3v) is 3.34. The van der Waals surface area contributed by atoms with Crippen molar-refractivity contribution in [3.63, 3.8) is 0 Å². The molecule has 15 heavy (non-hydrogen) atoms. The van der Waals surface area contributed by atoms with Crippen LogP contribution in [0.4, 0.5) is 5.69 Å². The van der Waals surface area contributed by atoms with Gasteiger partial charge >= 0.3 is 0 Å². The summed E-state index contributed by atoms with van der Waals surface area (Å²) in [6, 6.07) is 3.12. The summed E-state index contributed by atoms with van der Waals surface area (Å²) in [7, 11) is 0. The van der Waals surface area contributed by atoms with E-state index in [0.29, 0.717) is 16.5 Å². The lowest BCUT2D eigenvalue weighted by molar-refractivity contribution is -0.385. The second-order valence-corrected chi connectivity index (χ2v) is 4.26. The number of ketones is 1. The average Bonchev–Trinajstić information content (AvgIpc) is 2.17. The number of rotatable bonds is 1. The number of fused-ring (bicyclic) bond motifs is 1. The van der Waals surface area contributed by atoms with E-state index >= 15 is 0 Å². The summed E-state index contributed by atoms with van der Waals surface area (Å²) in [5.41, 5.74) is 1.36. The van der Waals surface area contributed by atoms with Crippen LogP contribution < -0.4 is 0 Å². The van der Waals surface area contributed by atoms with Crippen LogP contribution in [0.2, 0.25) is 0 Å². The molecule has 1 aliphatic carbocycles. The van der Waals surface area contributed by atoms with Crippen LogP contribution in [0.1, 0.15) is 28.8 Å². The fourth-order valence-electron chi connectivity index (χ4n) is 1.82. The van der Waals surface area contributed by atoms with Crippen molar-refractivity contribution in [3.8, 4) is 0 Å². The first-order valence-corrected chi connectivity index (χ1v) is 5.39. The monoisotopic (exact) mass is 269 g/mol. The number of carbonyl (C=O) groups is 1. The molecule has 5 heteroatoms. The minimum atomic E-state index is -0.480. The van der Waals surface area contributed by atoms with Crippen LogP contribution >= 0.6 is 15.9 Å². The minimum Gasteiger partial charge on any atom is -0.294 e. The molecule has 0 radical (unpaired) electrons. The van der Waals surface area contributed by atoms with Gasteiger partial charge in [-0.25, -0.2) is 0 Å². The zero-order valence-corrected chi connectivity index (χ0v) is 9.41. The Morgan fingerprint density at radius 1 is 1.33 bits per heavy atom. The Labute approximate surface area is 94.6 Å². The number of aryl methyl sites for hydroxylation is 1. The highest BCUT2D eigenvalue weighted by Gasteiger charge is 2.25. The van der Waals surface area contributed by atoms with Crippen molar-refractivity contribution in [3.05, 3.63) is 37.8 Å². The largest absolute Gasteiger partial charge is 0.294 e. The molecule has 0 aromatic heterocycles. The van der Waals surface area contributed by atoms with Gasteiger partial charge in [-0.3, -0.25) is 14.9 Å². The number of hydrogen-bond acceptors (Lipinski definition) is 3. The van der Waals surface area contributed by atoms with Gasteiger partial charge in [0.05, 0.1) is 4.92 Å². The van der Waals surface area contributed by atoms with E-state index in [1.165, 1.54) is 6.07 Å². The maximum absolute atomic E-state index is 11.6. The van der Waals surface area contributed by atoms with Crippen LogP contribution in [0, 0.1) is 10.1 Å². The first kappa shape index (κ1) is 10.3. The van der Waals surface area contributed by atoms with Crippen molar-refractivity contribution >= 4 is 27.4 Å². The normalized spacial score (nSPS) is 14.9. The summed E-state index contributed by atoms with van der Waals surface area (Å²) < 4.78 is 0.328. The SMILES string of the molecule is O=C1CCCc2ccc([N+](=O)[O-])c(Br)c21. The standard InChI is InChI=1S/C10H8BrNO3/c11-10-7(12(14)15)5-4-6-2-1-3-8(13)9(6)10/h4-5H,1-3H2. The highest BCUT2D eigenvalue weighted by molar-refractivity contribution is 9.10. The van der Waals surface area contributed by atoms with Crippen LogP contribution in [-0.2, 0) is 6.42 Å². The Balaban J connectivity index is 2.64. The Hall–Kier alpha value is -1.23. The molecule has 0 N–H and O–H groups in total. The molecule has 0 unspecified atom stereocenters. The molecular formula is C10H8BrNO3. The number of nitro groups is 1. The molecule has 0 atom stereocenters. The maximum Gasteiger partial charge on any atom is 0.284 e. The molecule has 0 aliphatic heterocycles. The van der Waals surface area contributed by atoms with Crippen molar-refractivity contribution < 1.29 is 9.72 Å². The third kappa shape index (κ3) is 1.67. The Kier molecular flexibility index (Phi) is 2.56. The van der Waals surface area contributed by atoms with E-state index in [9.17, 15) is 14.9 Å². The van der Waals surface area contributed by atoms with E-state index in [-0.39, 0.29) is 11.5 Å². The van der Waals surface area contributed by atoms with Gasteiger partial charge in [0.25, 0.3) is 5.69 Å². The highest BCUT2D eigenvalue weighted by Crippen LogP contribution is 2.34. The van der Waals surface area contributed by atoms with Gasteiger partial charge in [0, 0.05) is 18.1 Å². The molecule has 1 aromatic rings. The molecule has 0 saturated heterocycles. The Morgan fingerprint density at radius 3 is 2.73 bits per heavy atom. The lowest BCUT2D eigenvalue weighted by Gasteiger charge is -2.15. The van der Waals surface area contributed by atoms with Gasteiger partial charge in [0.15, 0.2) is 5.78 Å². The van der Waals surface area contributed by atoms with Crippen LogP contribution in [0.3, 0.4) is 0 Å². The summed E-state index contributed by atoms with van der Waals surface area (Å²) in [5.74, 6) is -0.00757. The van der Waals surface area contributed by atoms with Crippen molar-refractivity contribution in [2.24, 2.45) is 0 Å². The molecule has 1 aliphatic rings.